The number of Topliss-reactive ketones (excluding diaryl/α,β-unsaturated/α-hetero) is 2. The van der Waals surface area contributed by atoms with E-state index in [2.05, 4.69) is 9.72 Å². The highest BCUT2D eigenvalue weighted by molar-refractivity contribution is 6.38. The zero-order valence-corrected chi connectivity index (χ0v) is 15.7. The third-order valence-electron chi connectivity index (χ3n) is 4.39. The summed E-state index contributed by atoms with van der Waals surface area (Å²) in [5.41, 5.74) is 1.48. The first-order chi connectivity index (χ1) is 13.9. The summed E-state index contributed by atoms with van der Waals surface area (Å²) in [7, 11) is 0. The number of aromatic nitrogens is 1. The van der Waals surface area contributed by atoms with Gasteiger partial charge < -0.3 is 9.72 Å². The average molecular weight is 395 g/mol. The molecule has 0 radical (unpaired) electrons. The Kier molecular flexibility index (Phi) is 5.97. The standard InChI is InChI=1S/C22H18FNO5/c1-2-29-22(28)20(26)11-19(25)17-12-24-18-8-5-14(10-16(18)21(17)27)9-13-3-6-15(23)7-4-13/h3-8,10,12H,2,9,11H2,1H3,(H,24,27). The van der Waals surface area contributed by atoms with E-state index in [1.165, 1.54) is 18.3 Å². The maximum absolute atomic E-state index is 13.1. The van der Waals surface area contributed by atoms with Gasteiger partial charge in [-0.3, -0.25) is 14.4 Å². The molecule has 0 saturated carbocycles. The third kappa shape index (κ3) is 4.63. The van der Waals surface area contributed by atoms with Crippen molar-refractivity contribution < 1.29 is 23.5 Å². The number of carbonyl (C=O) groups excluding carboxylic acids is 3. The van der Waals surface area contributed by atoms with Gasteiger partial charge in [0.2, 0.25) is 5.78 Å². The first-order valence-electron chi connectivity index (χ1n) is 9.01. The molecular formula is C22H18FNO5. The Morgan fingerprint density at radius 3 is 2.41 bits per heavy atom. The topological polar surface area (TPSA) is 93.3 Å². The number of nitrogens with one attached hydrogen (secondary N) is 1. The quantitative estimate of drug-likeness (QED) is 0.287. The lowest BCUT2D eigenvalue weighted by Crippen LogP contribution is -2.24. The average Bonchev–Trinajstić information content (AvgIpc) is 2.70. The maximum atomic E-state index is 13.1. The zero-order chi connectivity index (χ0) is 21.0. The van der Waals surface area contributed by atoms with Crippen LogP contribution < -0.4 is 5.43 Å². The number of hydrogen-bond acceptors (Lipinski definition) is 5. The van der Waals surface area contributed by atoms with E-state index >= 15 is 0 Å². The predicted octanol–water partition coefficient (Wildman–Crippen LogP) is 2.96. The van der Waals surface area contributed by atoms with Crippen LogP contribution in [0.4, 0.5) is 4.39 Å². The van der Waals surface area contributed by atoms with Crippen molar-refractivity contribution in [3.63, 3.8) is 0 Å². The van der Waals surface area contributed by atoms with Crippen molar-refractivity contribution in [2.24, 2.45) is 0 Å². The number of ketones is 2. The summed E-state index contributed by atoms with van der Waals surface area (Å²) >= 11 is 0. The van der Waals surface area contributed by atoms with Crippen LogP contribution >= 0.6 is 0 Å². The molecule has 0 aliphatic carbocycles. The highest BCUT2D eigenvalue weighted by Crippen LogP contribution is 2.16. The van der Waals surface area contributed by atoms with Gasteiger partial charge in [-0.2, -0.15) is 0 Å². The number of aromatic amines is 1. The first-order valence-corrected chi connectivity index (χ1v) is 9.01. The van der Waals surface area contributed by atoms with E-state index in [1.807, 2.05) is 6.07 Å². The maximum Gasteiger partial charge on any atom is 0.375 e. The first kappa shape index (κ1) is 20.1. The van der Waals surface area contributed by atoms with Gasteiger partial charge in [-0.15, -0.1) is 0 Å². The molecule has 7 heteroatoms. The second kappa shape index (κ2) is 8.60. The Labute approximate surface area is 165 Å². The molecule has 0 aliphatic heterocycles. The van der Waals surface area contributed by atoms with E-state index < -0.39 is 29.4 Å². The number of rotatable bonds is 7. The minimum atomic E-state index is -1.10. The number of pyridine rings is 1. The van der Waals surface area contributed by atoms with Crippen LogP contribution in [0.1, 0.15) is 34.8 Å². The SMILES string of the molecule is CCOC(=O)C(=O)CC(=O)c1c[nH]c2ccc(Cc3ccc(F)cc3)cc2c1=O. The number of benzene rings is 2. The highest BCUT2D eigenvalue weighted by atomic mass is 19.1. The number of H-pyrrole nitrogens is 1. The van der Waals surface area contributed by atoms with Gasteiger partial charge in [-0.1, -0.05) is 18.2 Å². The smallest absolute Gasteiger partial charge is 0.375 e. The fraction of sp³-hybridized carbons (Fsp3) is 0.182. The highest BCUT2D eigenvalue weighted by Gasteiger charge is 2.22. The molecule has 29 heavy (non-hydrogen) atoms. The van der Waals surface area contributed by atoms with Crippen molar-refractivity contribution in [3.8, 4) is 0 Å². The third-order valence-corrected chi connectivity index (χ3v) is 4.39. The fourth-order valence-electron chi connectivity index (χ4n) is 2.95. The Balaban J connectivity index is 1.88. The summed E-state index contributed by atoms with van der Waals surface area (Å²) < 4.78 is 17.6. The molecule has 3 rings (SSSR count). The molecule has 1 aromatic heterocycles. The lowest BCUT2D eigenvalue weighted by atomic mass is 10.0. The number of esters is 1. The van der Waals surface area contributed by atoms with Crippen LogP contribution in [0.2, 0.25) is 0 Å². The summed E-state index contributed by atoms with van der Waals surface area (Å²) in [4.78, 5) is 51.2. The molecule has 0 atom stereocenters. The van der Waals surface area contributed by atoms with Gasteiger partial charge in [-0.05, 0) is 48.7 Å². The van der Waals surface area contributed by atoms with Gasteiger partial charge in [0.1, 0.15) is 5.82 Å². The normalized spacial score (nSPS) is 10.7. The Morgan fingerprint density at radius 2 is 1.72 bits per heavy atom. The minimum absolute atomic E-state index is 0.0200. The molecule has 0 unspecified atom stereocenters. The van der Waals surface area contributed by atoms with Gasteiger partial charge >= 0.3 is 5.97 Å². The van der Waals surface area contributed by atoms with E-state index in [1.54, 1.807) is 31.2 Å². The van der Waals surface area contributed by atoms with Crippen molar-refractivity contribution in [1.29, 1.82) is 0 Å². The summed E-state index contributed by atoms with van der Waals surface area (Å²) in [6.07, 6.45) is 0.989. The second-order valence-corrected chi connectivity index (χ2v) is 6.46. The molecule has 2 aromatic carbocycles. The van der Waals surface area contributed by atoms with Crippen molar-refractivity contribution in [3.05, 3.63) is 81.4 Å². The Morgan fingerprint density at radius 1 is 1.03 bits per heavy atom. The molecule has 6 nitrogen and oxygen atoms in total. The van der Waals surface area contributed by atoms with E-state index in [4.69, 9.17) is 0 Å². The van der Waals surface area contributed by atoms with Crippen LogP contribution in [0.25, 0.3) is 10.9 Å². The Bertz CT molecular complexity index is 1150. The minimum Gasteiger partial charge on any atom is -0.460 e. The molecule has 0 amide bonds. The fourth-order valence-corrected chi connectivity index (χ4v) is 2.95. The van der Waals surface area contributed by atoms with Gasteiger partial charge in [0.15, 0.2) is 11.2 Å². The molecule has 1 heterocycles. The number of hydrogen-bond donors (Lipinski definition) is 1. The molecule has 0 saturated heterocycles. The van der Waals surface area contributed by atoms with E-state index in [-0.39, 0.29) is 18.0 Å². The molecule has 0 fully saturated rings. The number of carbonyl (C=O) groups is 3. The summed E-state index contributed by atoms with van der Waals surface area (Å²) in [5.74, 6) is -3.18. The van der Waals surface area contributed by atoms with Crippen molar-refractivity contribution >= 4 is 28.4 Å². The van der Waals surface area contributed by atoms with Crippen molar-refractivity contribution in [2.75, 3.05) is 6.61 Å². The second-order valence-electron chi connectivity index (χ2n) is 6.46. The number of halogens is 1. The van der Waals surface area contributed by atoms with Crippen LogP contribution in [0.15, 0.2) is 53.5 Å². The molecule has 0 spiro atoms. The van der Waals surface area contributed by atoms with E-state index in [0.717, 1.165) is 11.1 Å². The number of fused-ring (bicyclic) bond motifs is 1. The predicted molar refractivity (Wildman–Crippen MR) is 104 cm³/mol. The lowest BCUT2D eigenvalue weighted by Gasteiger charge is -2.06. The van der Waals surface area contributed by atoms with Gasteiger partial charge in [0.25, 0.3) is 0 Å². The largest absolute Gasteiger partial charge is 0.460 e. The molecular weight excluding hydrogens is 377 g/mol. The van der Waals surface area contributed by atoms with Crippen molar-refractivity contribution in [1.82, 2.24) is 4.98 Å². The summed E-state index contributed by atoms with van der Waals surface area (Å²) in [6.45, 7) is 1.57. The van der Waals surface area contributed by atoms with Gasteiger partial charge in [0, 0.05) is 17.1 Å². The van der Waals surface area contributed by atoms with Crippen LogP contribution in [0.3, 0.4) is 0 Å². The van der Waals surface area contributed by atoms with Crippen LogP contribution in [-0.2, 0) is 20.7 Å². The molecule has 1 N–H and O–H groups in total. The van der Waals surface area contributed by atoms with E-state index in [0.29, 0.717) is 17.3 Å². The lowest BCUT2D eigenvalue weighted by molar-refractivity contribution is -0.153. The van der Waals surface area contributed by atoms with E-state index in [9.17, 15) is 23.6 Å². The van der Waals surface area contributed by atoms with Gasteiger partial charge in [0.05, 0.1) is 18.6 Å². The summed E-state index contributed by atoms with van der Waals surface area (Å²) in [6, 6.07) is 11.2. The number of ether oxygens (including phenoxy) is 1. The molecule has 0 aliphatic rings. The Hall–Kier alpha value is -3.61. The van der Waals surface area contributed by atoms with Crippen molar-refractivity contribution in [2.45, 2.75) is 19.8 Å². The monoisotopic (exact) mass is 395 g/mol. The summed E-state index contributed by atoms with van der Waals surface area (Å²) in [5, 5.41) is 0.291. The molecule has 3 aromatic rings. The zero-order valence-electron chi connectivity index (χ0n) is 15.7. The van der Waals surface area contributed by atoms with Gasteiger partial charge in [-0.25, -0.2) is 9.18 Å². The van der Waals surface area contributed by atoms with Crippen LogP contribution in [0, 0.1) is 5.82 Å². The van der Waals surface area contributed by atoms with Crippen LogP contribution in [0.5, 0.6) is 0 Å². The molecule has 148 valence electrons. The van der Waals surface area contributed by atoms with Crippen LogP contribution in [-0.4, -0.2) is 29.1 Å². The molecule has 0 bridgehead atoms.